The number of nitrogens with one attached hydrogen (secondary N) is 2. The summed E-state index contributed by atoms with van der Waals surface area (Å²) < 4.78 is 25.5. The lowest BCUT2D eigenvalue weighted by atomic mass is 10.1. The molecule has 3 aromatic carbocycles. The molecule has 0 unspecified atom stereocenters. The summed E-state index contributed by atoms with van der Waals surface area (Å²) in [7, 11) is -3.78. The Kier molecular flexibility index (Phi) is 8.08. The van der Waals surface area contributed by atoms with Gasteiger partial charge in [0.1, 0.15) is 6.54 Å². The van der Waals surface area contributed by atoms with Crippen LogP contribution in [0.15, 0.2) is 78.9 Å². The molecule has 0 saturated carbocycles. The van der Waals surface area contributed by atoms with E-state index in [4.69, 9.17) is 11.6 Å². The fourth-order valence-electron chi connectivity index (χ4n) is 3.21. The predicted octanol–water partition coefficient (Wildman–Crippen LogP) is 3.72. The summed E-state index contributed by atoms with van der Waals surface area (Å²) in [6, 6.07) is 22.7. The highest BCUT2D eigenvalue weighted by atomic mass is 35.5. The third-order valence-corrected chi connectivity index (χ3v) is 6.24. The lowest BCUT2D eigenvalue weighted by Gasteiger charge is -2.23. The van der Waals surface area contributed by atoms with Gasteiger partial charge in [-0.1, -0.05) is 66.2 Å². The van der Waals surface area contributed by atoms with Crippen molar-refractivity contribution in [1.82, 2.24) is 5.32 Å². The van der Waals surface area contributed by atoms with Crippen LogP contribution in [-0.4, -0.2) is 39.6 Å². The molecule has 0 aliphatic heterocycles. The molecule has 0 spiro atoms. The number of carbonyl (C=O) groups is 2. The molecule has 9 heteroatoms. The van der Waals surface area contributed by atoms with Crippen LogP contribution in [0.5, 0.6) is 0 Å². The van der Waals surface area contributed by atoms with Gasteiger partial charge in [0.2, 0.25) is 15.9 Å². The van der Waals surface area contributed by atoms with E-state index in [0.29, 0.717) is 13.0 Å². The Morgan fingerprint density at radius 2 is 1.55 bits per heavy atom. The van der Waals surface area contributed by atoms with Crippen molar-refractivity contribution in [3.63, 3.8) is 0 Å². The number of amides is 2. The molecule has 7 nitrogen and oxygen atoms in total. The van der Waals surface area contributed by atoms with E-state index in [1.165, 1.54) is 6.07 Å². The van der Waals surface area contributed by atoms with Gasteiger partial charge in [-0.15, -0.1) is 0 Å². The zero-order chi connectivity index (χ0) is 23.8. The van der Waals surface area contributed by atoms with Gasteiger partial charge in [-0.2, -0.15) is 0 Å². The van der Waals surface area contributed by atoms with E-state index in [2.05, 4.69) is 10.6 Å². The zero-order valence-electron chi connectivity index (χ0n) is 18.0. The van der Waals surface area contributed by atoms with Crippen molar-refractivity contribution in [2.24, 2.45) is 0 Å². The van der Waals surface area contributed by atoms with Crippen LogP contribution in [0.3, 0.4) is 0 Å². The maximum absolute atomic E-state index is 12.7. The van der Waals surface area contributed by atoms with Gasteiger partial charge in [-0.3, -0.25) is 13.9 Å². The Bertz CT molecular complexity index is 1230. The maximum Gasteiger partial charge on any atom is 0.253 e. The van der Waals surface area contributed by atoms with Gasteiger partial charge in [0.15, 0.2) is 0 Å². The second kappa shape index (κ2) is 11.0. The SMILES string of the molecule is CS(=O)(=O)N(CC(=O)Nc1ccccc1C(=O)NCCc1ccccc1)c1ccccc1Cl. The number of hydrogen-bond acceptors (Lipinski definition) is 4. The monoisotopic (exact) mass is 485 g/mol. The lowest BCUT2D eigenvalue weighted by Crippen LogP contribution is -2.38. The van der Waals surface area contributed by atoms with Gasteiger partial charge >= 0.3 is 0 Å². The fourth-order valence-corrected chi connectivity index (χ4v) is 4.36. The summed E-state index contributed by atoms with van der Waals surface area (Å²) >= 11 is 6.14. The number of benzene rings is 3. The van der Waals surface area contributed by atoms with Gasteiger partial charge in [-0.05, 0) is 36.2 Å². The van der Waals surface area contributed by atoms with Crippen molar-refractivity contribution in [1.29, 1.82) is 0 Å². The quantitative estimate of drug-likeness (QED) is 0.483. The van der Waals surface area contributed by atoms with Crippen LogP contribution in [0.25, 0.3) is 0 Å². The van der Waals surface area contributed by atoms with E-state index in [9.17, 15) is 18.0 Å². The Balaban J connectivity index is 1.69. The van der Waals surface area contributed by atoms with Gasteiger partial charge in [0, 0.05) is 6.54 Å². The highest BCUT2D eigenvalue weighted by molar-refractivity contribution is 7.92. The van der Waals surface area contributed by atoms with Gasteiger partial charge in [-0.25, -0.2) is 8.42 Å². The fraction of sp³-hybridized carbons (Fsp3) is 0.167. The molecule has 172 valence electrons. The van der Waals surface area contributed by atoms with Gasteiger partial charge in [0.05, 0.1) is 28.2 Å². The van der Waals surface area contributed by atoms with Crippen LogP contribution in [0.1, 0.15) is 15.9 Å². The minimum absolute atomic E-state index is 0.198. The number of sulfonamides is 1. The molecule has 0 aliphatic carbocycles. The normalized spacial score (nSPS) is 11.0. The molecule has 0 fully saturated rings. The molecule has 0 heterocycles. The van der Waals surface area contributed by atoms with E-state index < -0.39 is 22.5 Å². The van der Waals surface area contributed by atoms with E-state index >= 15 is 0 Å². The zero-order valence-corrected chi connectivity index (χ0v) is 19.6. The first-order valence-corrected chi connectivity index (χ1v) is 12.4. The number of anilines is 2. The summed E-state index contributed by atoms with van der Waals surface area (Å²) in [4.78, 5) is 25.4. The Morgan fingerprint density at radius 1 is 0.909 bits per heavy atom. The molecule has 2 N–H and O–H groups in total. The van der Waals surface area contributed by atoms with E-state index in [0.717, 1.165) is 16.1 Å². The highest BCUT2D eigenvalue weighted by Gasteiger charge is 2.23. The number of nitrogens with zero attached hydrogens (tertiary/aromatic N) is 1. The minimum atomic E-state index is -3.78. The number of hydrogen-bond donors (Lipinski definition) is 2. The average Bonchev–Trinajstić information content (AvgIpc) is 2.78. The standard InChI is InChI=1S/C24H24ClN3O4S/c1-33(31,32)28(22-14-8-6-12-20(22)25)17-23(29)27-21-13-7-5-11-19(21)24(30)26-16-15-18-9-3-2-4-10-18/h2-14H,15-17H2,1H3,(H,26,30)(H,27,29). The summed E-state index contributed by atoms with van der Waals surface area (Å²) in [5, 5.41) is 5.69. The van der Waals surface area contributed by atoms with Crippen LogP contribution in [0, 0.1) is 0 Å². The van der Waals surface area contributed by atoms with Crippen LogP contribution in [0.4, 0.5) is 11.4 Å². The molecular weight excluding hydrogens is 462 g/mol. The van der Waals surface area contributed by atoms with E-state index in [1.807, 2.05) is 30.3 Å². The summed E-state index contributed by atoms with van der Waals surface area (Å²) in [5.74, 6) is -0.946. The molecule has 0 aromatic heterocycles. The molecule has 33 heavy (non-hydrogen) atoms. The molecule has 2 amide bonds. The summed E-state index contributed by atoms with van der Waals surface area (Å²) in [5.41, 5.74) is 1.86. The predicted molar refractivity (Wildman–Crippen MR) is 131 cm³/mol. The molecular formula is C24H24ClN3O4S. The third-order valence-electron chi connectivity index (χ3n) is 4.80. The topological polar surface area (TPSA) is 95.6 Å². The molecule has 3 rings (SSSR count). The number of halogens is 1. The second-order valence-corrected chi connectivity index (χ2v) is 9.62. The summed E-state index contributed by atoms with van der Waals surface area (Å²) in [6.07, 6.45) is 1.67. The first-order chi connectivity index (χ1) is 15.8. The van der Waals surface area contributed by atoms with Crippen molar-refractivity contribution < 1.29 is 18.0 Å². The van der Waals surface area contributed by atoms with Crippen LogP contribution in [-0.2, 0) is 21.2 Å². The Labute approximate surface area is 198 Å². The Morgan fingerprint density at radius 3 is 2.24 bits per heavy atom. The molecule has 0 bridgehead atoms. The smallest absolute Gasteiger partial charge is 0.253 e. The number of para-hydroxylation sites is 2. The minimum Gasteiger partial charge on any atom is -0.352 e. The number of rotatable bonds is 9. The van der Waals surface area contributed by atoms with Crippen molar-refractivity contribution in [3.05, 3.63) is 95.0 Å². The highest BCUT2D eigenvalue weighted by Crippen LogP contribution is 2.27. The first-order valence-electron chi connectivity index (χ1n) is 10.2. The maximum atomic E-state index is 12.7. The van der Waals surface area contributed by atoms with Crippen molar-refractivity contribution >= 4 is 44.8 Å². The number of carbonyl (C=O) groups excluding carboxylic acids is 2. The van der Waals surface area contributed by atoms with Crippen LogP contribution in [0.2, 0.25) is 5.02 Å². The second-order valence-electron chi connectivity index (χ2n) is 7.31. The molecule has 3 aromatic rings. The van der Waals surface area contributed by atoms with Crippen molar-refractivity contribution in [2.45, 2.75) is 6.42 Å². The van der Waals surface area contributed by atoms with Crippen molar-refractivity contribution in [2.75, 3.05) is 29.0 Å². The first kappa shape index (κ1) is 24.3. The van der Waals surface area contributed by atoms with E-state index in [1.54, 1.807) is 42.5 Å². The Hall–Kier alpha value is -3.36. The molecule has 0 saturated heterocycles. The molecule has 0 radical (unpaired) electrons. The van der Waals surface area contributed by atoms with Gasteiger partial charge < -0.3 is 10.6 Å². The molecule has 0 atom stereocenters. The third kappa shape index (κ3) is 6.81. The van der Waals surface area contributed by atoms with Gasteiger partial charge in [0.25, 0.3) is 5.91 Å². The van der Waals surface area contributed by atoms with Crippen LogP contribution < -0.4 is 14.9 Å². The average molecular weight is 486 g/mol. The van der Waals surface area contributed by atoms with E-state index in [-0.39, 0.29) is 27.9 Å². The molecule has 0 aliphatic rings. The lowest BCUT2D eigenvalue weighted by molar-refractivity contribution is -0.114. The van der Waals surface area contributed by atoms with Crippen LogP contribution >= 0.6 is 11.6 Å². The largest absolute Gasteiger partial charge is 0.352 e. The summed E-state index contributed by atoms with van der Waals surface area (Å²) in [6.45, 7) is -0.0635. The van der Waals surface area contributed by atoms with Crippen molar-refractivity contribution in [3.8, 4) is 0 Å².